The molecule has 0 spiro atoms. The standard InChI is InChI=1S/C14H19FN4O2/c15-12-6-10(5-11(7-12)14(16)18-21)8-17-9-13(20)19-3-1-2-4-19/h5-7,17,21H,1-4,8-9H2,(H2,16,18). The van der Waals surface area contributed by atoms with Crippen molar-refractivity contribution in [3.05, 3.63) is 35.1 Å². The number of oxime groups is 1. The number of hydrogen-bond acceptors (Lipinski definition) is 4. The van der Waals surface area contributed by atoms with Crippen molar-refractivity contribution in [3.63, 3.8) is 0 Å². The molecular formula is C14H19FN4O2. The summed E-state index contributed by atoms with van der Waals surface area (Å²) in [5.41, 5.74) is 6.38. The van der Waals surface area contributed by atoms with Gasteiger partial charge in [0, 0.05) is 25.2 Å². The van der Waals surface area contributed by atoms with Crippen molar-refractivity contribution in [3.8, 4) is 0 Å². The zero-order valence-corrected chi connectivity index (χ0v) is 11.7. The van der Waals surface area contributed by atoms with Crippen LogP contribution in [0.15, 0.2) is 23.4 Å². The summed E-state index contributed by atoms with van der Waals surface area (Å²) in [4.78, 5) is 13.7. The van der Waals surface area contributed by atoms with E-state index in [1.54, 1.807) is 6.07 Å². The van der Waals surface area contributed by atoms with Crippen molar-refractivity contribution in [1.82, 2.24) is 10.2 Å². The van der Waals surface area contributed by atoms with Crippen molar-refractivity contribution in [1.29, 1.82) is 0 Å². The smallest absolute Gasteiger partial charge is 0.236 e. The molecular weight excluding hydrogens is 275 g/mol. The van der Waals surface area contributed by atoms with Gasteiger partial charge in [0.05, 0.1) is 6.54 Å². The van der Waals surface area contributed by atoms with Crippen molar-refractivity contribution in [2.45, 2.75) is 19.4 Å². The van der Waals surface area contributed by atoms with Crippen LogP contribution in [0, 0.1) is 5.82 Å². The molecule has 0 aliphatic carbocycles. The molecule has 0 bridgehead atoms. The Labute approximate surface area is 122 Å². The fourth-order valence-corrected chi connectivity index (χ4v) is 2.35. The summed E-state index contributed by atoms with van der Waals surface area (Å²) in [6.07, 6.45) is 2.11. The van der Waals surface area contributed by atoms with Crippen LogP contribution in [0.2, 0.25) is 0 Å². The molecule has 1 aliphatic heterocycles. The fourth-order valence-electron chi connectivity index (χ4n) is 2.35. The summed E-state index contributed by atoms with van der Waals surface area (Å²) < 4.78 is 13.5. The Hall–Kier alpha value is -2.15. The first-order chi connectivity index (χ1) is 10.1. The quantitative estimate of drug-likeness (QED) is 0.321. The van der Waals surface area contributed by atoms with E-state index < -0.39 is 5.82 Å². The number of halogens is 1. The van der Waals surface area contributed by atoms with Crippen molar-refractivity contribution in [2.75, 3.05) is 19.6 Å². The van der Waals surface area contributed by atoms with Gasteiger partial charge in [0.2, 0.25) is 5.91 Å². The van der Waals surface area contributed by atoms with E-state index in [1.165, 1.54) is 12.1 Å². The highest BCUT2D eigenvalue weighted by molar-refractivity contribution is 5.97. The Morgan fingerprint density at radius 1 is 1.38 bits per heavy atom. The molecule has 1 amide bonds. The number of hydrogen-bond donors (Lipinski definition) is 3. The molecule has 2 rings (SSSR count). The van der Waals surface area contributed by atoms with Crippen LogP contribution in [-0.2, 0) is 11.3 Å². The molecule has 4 N–H and O–H groups in total. The topological polar surface area (TPSA) is 91.0 Å². The van der Waals surface area contributed by atoms with Crippen molar-refractivity contribution >= 4 is 11.7 Å². The third-order valence-corrected chi connectivity index (χ3v) is 3.43. The molecule has 0 aromatic heterocycles. The SMILES string of the molecule is N/C(=N/O)c1cc(F)cc(CNCC(=O)N2CCCC2)c1. The third-order valence-electron chi connectivity index (χ3n) is 3.43. The average molecular weight is 294 g/mol. The predicted molar refractivity (Wildman–Crippen MR) is 76.4 cm³/mol. The first-order valence-corrected chi connectivity index (χ1v) is 6.86. The Morgan fingerprint density at radius 3 is 2.76 bits per heavy atom. The number of carbonyl (C=O) groups is 1. The van der Waals surface area contributed by atoms with Crippen LogP contribution in [0.4, 0.5) is 4.39 Å². The molecule has 0 unspecified atom stereocenters. The lowest BCUT2D eigenvalue weighted by Crippen LogP contribution is -2.36. The average Bonchev–Trinajstić information content (AvgIpc) is 3.00. The maximum atomic E-state index is 13.5. The third kappa shape index (κ3) is 4.16. The number of amidine groups is 1. The van der Waals surface area contributed by atoms with Gasteiger partial charge >= 0.3 is 0 Å². The van der Waals surface area contributed by atoms with E-state index in [-0.39, 0.29) is 18.3 Å². The summed E-state index contributed by atoms with van der Waals surface area (Å²) in [5.74, 6) is -0.564. The molecule has 0 saturated carbocycles. The van der Waals surface area contributed by atoms with Gasteiger partial charge in [0.1, 0.15) is 5.82 Å². The summed E-state index contributed by atoms with van der Waals surface area (Å²) in [7, 11) is 0. The maximum absolute atomic E-state index is 13.5. The number of nitrogens with zero attached hydrogens (tertiary/aromatic N) is 2. The van der Waals surface area contributed by atoms with E-state index >= 15 is 0 Å². The molecule has 7 heteroatoms. The van der Waals surface area contributed by atoms with Crippen molar-refractivity contribution < 1.29 is 14.4 Å². The highest BCUT2D eigenvalue weighted by Gasteiger charge is 2.17. The summed E-state index contributed by atoms with van der Waals surface area (Å²) in [6, 6.07) is 4.15. The Bertz CT molecular complexity index is 542. The second-order valence-corrected chi connectivity index (χ2v) is 5.02. The molecule has 21 heavy (non-hydrogen) atoms. The van der Waals surface area contributed by atoms with E-state index in [1.807, 2.05) is 4.90 Å². The Morgan fingerprint density at radius 2 is 2.10 bits per heavy atom. The fraction of sp³-hybridized carbons (Fsp3) is 0.429. The van der Waals surface area contributed by atoms with Crippen LogP contribution in [0.3, 0.4) is 0 Å². The van der Waals surface area contributed by atoms with Crippen LogP contribution in [0.25, 0.3) is 0 Å². The summed E-state index contributed by atoms with van der Waals surface area (Å²) in [5, 5.41) is 14.5. The van der Waals surface area contributed by atoms with Crippen LogP contribution in [0.5, 0.6) is 0 Å². The molecule has 1 aromatic rings. The van der Waals surface area contributed by atoms with Gasteiger partial charge in [-0.25, -0.2) is 4.39 Å². The second-order valence-electron chi connectivity index (χ2n) is 5.02. The lowest BCUT2D eigenvalue weighted by Gasteiger charge is -2.15. The first-order valence-electron chi connectivity index (χ1n) is 6.86. The second kappa shape index (κ2) is 7.03. The highest BCUT2D eigenvalue weighted by Crippen LogP contribution is 2.10. The molecule has 114 valence electrons. The minimum atomic E-state index is -0.471. The number of nitrogens with one attached hydrogen (secondary N) is 1. The van der Waals surface area contributed by atoms with Crippen LogP contribution >= 0.6 is 0 Å². The number of benzene rings is 1. The molecule has 1 saturated heterocycles. The first kappa shape index (κ1) is 15.2. The van der Waals surface area contributed by atoms with Gasteiger partial charge in [-0.1, -0.05) is 5.16 Å². The minimum Gasteiger partial charge on any atom is -0.409 e. The number of amides is 1. The van der Waals surface area contributed by atoms with E-state index in [0.717, 1.165) is 25.9 Å². The largest absolute Gasteiger partial charge is 0.409 e. The number of rotatable bonds is 5. The van der Waals surface area contributed by atoms with Gasteiger partial charge in [-0.15, -0.1) is 0 Å². The van der Waals surface area contributed by atoms with Gasteiger partial charge in [-0.2, -0.15) is 0 Å². The van der Waals surface area contributed by atoms with E-state index in [4.69, 9.17) is 10.9 Å². The van der Waals surface area contributed by atoms with E-state index in [9.17, 15) is 9.18 Å². The van der Waals surface area contributed by atoms with Crippen LogP contribution in [0.1, 0.15) is 24.0 Å². The molecule has 1 aliphatic rings. The molecule has 0 atom stereocenters. The number of carbonyl (C=O) groups excluding carboxylic acids is 1. The normalized spacial score (nSPS) is 15.5. The van der Waals surface area contributed by atoms with E-state index in [0.29, 0.717) is 17.7 Å². The highest BCUT2D eigenvalue weighted by atomic mass is 19.1. The molecule has 0 radical (unpaired) electrons. The van der Waals surface area contributed by atoms with Crippen LogP contribution < -0.4 is 11.1 Å². The Balaban J connectivity index is 1.90. The summed E-state index contributed by atoms with van der Waals surface area (Å²) in [6.45, 7) is 2.18. The van der Waals surface area contributed by atoms with Gasteiger partial charge in [0.15, 0.2) is 5.84 Å². The zero-order valence-electron chi connectivity index (χ0n) is 11.7. The lowest BCUT2D eigenvalue weighted by atomic mass is 10.1. The zero-order chi connectivity index (χ0) is 15.2. The Kier molecular flexibility index (Phi) is 5.10. The molecule has 1 aromatic carbocycles. The lowest BCUT2D eigenvalue weighted by molar-refractivity contribution is -0.129. The van der Waals surface area contributed by atoms with Gasteiger partial charge < -0.3 is 21.2 Å². The van der Waals surface area contributed by atoms with Gasteiger partial charge in [-0.3, -0.25) is 4.79 Å². The number of likely N-dealkylation sites (tertiary alicyclic amines) is 1. The van der Waals surface area contributed by atoms with Gasteiger partial charge in [-0.05, 0) is 36.6 Å². The van der Waals surface area contributed by atoms with E-state index in [2.05, 4.69) is 10.5 Å². The molecule has 6 nitrogen and oxygen atoms in total. The maximum Gasteiger partial charge on any atom is 0.236 e. The van der Waals surface area contributed by atoms with Crippen molar-refractivity contribution in [2.24, 2.45) is 10.9 Å². The summed E-state index contributed by atoms with van der Waals surface area (Å²) >= 11 is 0. The molecule has 1 heterocycles. The monoisotopic (exact) mass is 294 g/mol. The van der Waals surface area contributed by atoms with Gasteiger partial charge in [0.25, 0.3) is 0 Å². The minimum absolute atomic E-state index is 0.0561. The van der Waals surface area contributed by atoms with Crippen LogP contribution in [-0.4, -0.2) is 41.5 Å². The number of nitrogens with two attached hydrogens (primary N) is 1. The predicted octanol–water partition coefficient (Wildman–Crippen LogP) is 0.632. The molecule has 1 fully saturated rings.